The van der Waals surface area contributed by atoms with E-state index in [0.717, 1.165) is 11.4 Å². The number of esters is 1. The highest BCUT2D eigenvalue weighted by atomic mass is 16.5. The van der Waals surface area contributed by atoms with Crippen molar-refractivity contribution in [1.29, 1.82) is 0 Å². The fourth-order valence-electron chi connectivity index (χ4n) is 1.77. The van der Waals surface area contributed by atoms with E-state index in [1.165, 1.54) is 0 Å². The summed E-state index contributed by atoms with van der Waals surface area (Å²) in [5, 5.41) is 0. The van der Waals surface area contributed by atoms with Gasteiger partial charge in [0, 0.05) is 23.6 Å². The first-order chi connectivity index (χ1) is 9.06. The van der Waals surface area contributed by atoms with E-state index in [-0.39, 0.29) is 18.6 Å². The van der Waals surface area contributed by atoms with Gasteiger partial charge < -0.3 is 15.0 Å². The number of carbonyl (C=O) groups is 1. The SMILES string of the molecule is CC(C)OC(=O)Cn1ccnc1-c1ccc(N)cc1. The first kappa shape index (κ1) is 13.1. The lowest BCUT2D eigenvalue weighted by molar-refractivity contribution is -0.148. The summed E-state index contributed by atoms with van der Waals surface area (Å²) in [6.45, 7) is 3.80. The lowest BCUT2D eigenvalue weighted by Crippen LogP contribution is -2.17. The second-order valence-corrected chi connectivity index (χ2v) is 4.54. The van der Waals surface area contributed by atoms with Crippen molar-refractivity contribution in [2.75, 3.05) is 5.73 Å². The predicted molar refractivity (Wildman–Crippen MR) is 73.3 cm³/mol. The number of nitrogens with zero attached hydrogens (tertiary/aromatic N) is 2. The van der Waals surface area contributed by atoms with Crippen molar-refractivity contribution in [2.24, 2.45) is 0 Å². The molecule has 1 aromatic heterocycles. The van der Waals surface area contributed by atoms with E-state index in [2.05, 4.69) is 4.98 Å². The number of hydrogen-bond donors (Lipinski definition) is 1. The van der Waals surface area contributed by atoms with Crippen LogP contribution in [0.25, 0.3) is 11.4 Å². The van der Waals surface area contributed by atoms with Crippen molar-refractivity contribution in [2.45, 2.75) is 26.5 Å². The Balaban J connectivity index is 2.18. The van der Waals surface area contributed by atoms with Crippen LogP contribution in [0.4, 0.5) is 5.69 Å². The van der Waals surface area contributed by atoms with Gasteiger partial charge in [-0.05, 0) is 38.1 Å². The van der Waals surface area contributed by atoms with Gasteiger partial charge in [-0.1, -0.05) is 0 Å². The van der Waals surface area contributed by atoms with E-state index in [0.29, 0.717) is 5.69 Å². The first-order valence-corrected chi connectivity index (χ1v) is 6.13. The Labute approximate surface area is 112 Å². The second kappa shape index (κ2) is 5.56. The number of anilines is 1. The topological polar surface area (TPSA) is 70.1 Å². The first-order valence-electron chi connectivity index (χ1n) is 6.13. The zero-order valence-corrected chi connectivity index (χ0v) is 11.0. The minimum absolute atomic E-state index is 0.115. The molecule has 1 heterocycles. The third-order valence-corrected chi connectivity index (χ3v) is 2.55. The molecule has 0 aliphatic rings. The van der Waals surface area contributed by atoms with Crippen LogP contribution in [0.5, 0.6) is 0 Å². The van der Waals surface area contributed by atoms with Crippen LogP contribution in [0.15, 0.2) is 36.7 Å². The third-order valence-electron chi connectivity index (χ3n) is 2.55. The van der Waals surface area contributed by atoms with Crippen molar-refractivity contribution in [3.63, 3.8) is 0 Å². The van der Waals surface area contributed by atoms with Crippen molar-refractivity contribution < 1.29 is 9.53 Å². The number of nitrogen functional groups attached to an aromatic ring is 1. The maximum absolute atomic E-state index is 11.7. The summed E-state index contributed by atoms with van der Waals surface area (Å²) in [6, 6.07) is 7.37. The highest BCUT2D eigenvalue weighted by Gasteiger charge is 2.11. The Morgan fingerprint density at radius 3 is 2.68 bits per heavy atom. The van der Waals surface area contributed by atoms with E-state index < -0.39 is 0 Å². The van der Waals surface area contributed by atoms with E-state index in [1.807, 2.05) is 26.0 Å². The molecule has 0 radical (unpaired) electrons. The van der Waals surface area contributed by atoms with E-state index in [4.69, 9.17) is 10.5 Å². The number of hydrogen-bond acceptors (Lipinski definition) is 4. The molecule has 5 heteroatoms. The highest BCUT2D eigenvalue weighted by molar-refractivity contribution is 5.70. The van der Waals surface area contributed by atoms with Crippen LogP contribution in [0.2, 0.25) is 0 Å². The smallest absolute Gasteiger partial charge is 0.326 e. The van der Waals surface area contributed by atoms with Gasteiger partial charge in [0.1, 0.15) is 12.4 Å². The van der Waals surface area contributed by atoms with Crippen LogP contribution in [0, 0.1) is 0 Å². The zero-order valence-electron chi connectivity index (χ0n) is 11.0. The lowest BCUT2D eigenvalue weighted by Gasteiger charge is -2.10. The minimum Gasteiger partial charge on any atom is -0.462 e. The molecular formula is C14H17N3O2. The molecule has 0 fully saturated rings. The molecule has 0 aliphatic carbocycles. The fourth-order valence-corrected chi connectivity index (χ4v) is 1.77. The van der Waals surface area contributed by atoms with Crippen molar-refractivity contribution >= 4 is 11.7 Å². The van der Waals surface area contributed by atoms with Crippen LogP contribution in [0.3, 0.4) is 0 Å². The maximum Gasteiger partial charge on any atom is 0.326 e. The number of benzene rings is 1. The standard InChI is InChI=1S/C14H17N3O2/c1-10(2)19-13(18)9-17-8-7-16-14(17)11-3-5-12(15)6-4-11/h3-8,10H,9,15H2,1-2H3. The number of nitrogens with two attached hydrogens (primary N) is 1. The molecule has 2 aromatic rings. The minimum atomic E-state index is -0.273. The maximum atomic E-state index is 11.7. The summed E-state index contributed by atoms with van der Waals surface area (Å²) in [5.41, 5.74) is 7.26. The largest absolute Gasteiger partial charge is 0.462 e. The Morgan fingerprint density at radius 2 is 2.05 bits per heavy atom. The Kier molecular flexibility index (Phi) is 3.85. The predicted octanol–water partition coefficient (Wildman–Crippen LogP) is 2.08. The number of rotatable bonds is 4. The molecule has 0 saturated heterocycles. The molecule has 0 aliphatic heterocycles. The summed E-state index contributed by atoms with van der Waals surface area (Å²) in [4.78, 5) is 15.9. The van der Waals surface area contributed by atoms with Gasteiger partial charge in [-0.3, -0.25) is 4.79 Å². The fraction of sp³-hybridized carbons (Fsp3) is 0.286. The Hall–Kier alpha value is -2.30. The van der Waals surface area contributed by atoms with E-state index in [1.54, 1.807) is 29.1 Å². The average molecular weight is 259 g/mol. The summed E-state index contributed by atoms with van der Waals surface area (Å²) in [6.07, 6.45) is 3.30. The van der Waals surface area contributed by atoms with Gasteiger partial charge in [-0.25, -0.2) is 4.98 Å². The summed E-state index contributed by atoms with van der Waals surface area (Å²) >= 11 is 0. The molecular weight excluding hydrogens is 242 g/mol. The van der Waals surface area contributed by atoms with Crippen molar-refractivity contribution in [3.05, 3.63) is 36.7 Å². The van der Waals surface area contributed by atoms with Crippen LogP contribution in [-0.2, 0) is 16.1 Å². The number of ether oxygens (including phenoxy) is 1. The van der Waals surface area contributed by atoms with Crippen LogP contribution in [-0.4, -0.2) is 21.6 Å². The molecule has 0 amide bonds. The Morgan fingerprint density at radius 1 is 1.37 bits per heavy atom. The molecule has 5 nitrogen and oxygen atoms in total. The number of imidazole rings is 1. The summed E-state index contributed by atoms with van der Waals surface area (Å²) in [7, 11) is 0. The quantitative estimate of drug-likeness (QED) is 0.674. The molecule has 0 spiro atoms. The molecule has 1 aromatic carbocycles. The number of aromatic nitrogens is 2. The highest BCUT2D eigenvalue weighted by Crippen LogP contribution is 2.18. The second-order valence-electron chi connectivity index (χ2n) is 4.54. The summed E-state index contributed by atoms with van der Waals surface area (Å²) in [5.74, 6) is 0.449. The monoisotopic (exact) mass is 259 g/mol. The molecule has 0 unspecified atom stereocenters. The zero-order chi connectivity index (χ0) is 13.8. The van der Waals surface area contributed by atoms with Gasteiger partial charge in [0.15, 0.2) is 0 Å². The van der Waals surface area contributed by atoms with Crippen molar-refractivity contribution in [3.8, 4) is 11.4 Å². The number of carbonyl (C=O) groups excluding carboxylic acids is 1. The van der Waals surface area contributed by atoms with Gasteiger partial charge in [0.2, 0.25) is 0 Å². The molecule has 2 rings (SSSR count). The molecule has 19 heavy (non-hydrogen) atoms. The molecule has 0 atom stereocenters. The van der Waals surface area contributed by atoms with Gasteiger partial charge >= 0.3 is 5.97 Å². The van der Waals surface area contributed by atoms with Gasteiger partial charge in [0.05, 0.1) is 6.10 Å². The van der Waals surface area contributed by atoms with Gasteiger partial charge in [-0.15, -0.1) is 0 Å². The average Bonchev–Trinajstić information content (AvgIpc) is 2.77. The normalized spacial score (nSPS) is 10.7. The van der Waals surface area contributed by atoms with Gasteiger partial charge in [0.25, 0.3) is 0 Å². The molecule has 0 bridgehead atoms. The lowest BCUT2D eigenvalue weighted by atomic mass is 10.2. The van der Waals surface area contributed by atoms with E-state index >= 15 is 0 Å². The summed E-state index contributed by atoms with van der Waals surface area (Å²) < 4.78 is 6.89. The Bertz CT molecular complexity index is 558. The molecule has 2 N–H and O–H groups in total. The van der Waals surface area contributed by atoms with E-state index in [9.17, 15) is 4.79 Å². The third kappa shape index (κ3) is 3.34. The van der Waals surface area contributed by atoms with Crippen molar-refractivity contribution in [1.82, 2.24) is 9.55 Å². The van der Waals surface area contributed by atoms with Crippen LogP contribution in [0.1, 0.15) is 13.8 Å². The van der Waals surface area contributed by atoms with Crippen LogP contribution >= 0.6 is 0 Å². The van der Waals surface area contributed by atoms with Gasteiger partial charge in [-0.2, -0.15) is 0 Å². The molecule has 0 saturated carbocycles. The molecule has 100 valence electrons. The van der Waals surface area contributed by atoms with Crippen LogP contribution < -0.4 is 5.73 Å².